The van der Waals surface area contributed by atoms with E-state index in [-0.39, 0.29) is 5.91 Å². The van der Waals surface area contributed by atoms with Crippen molar-refractivity contribution in [3.63, 3.8) is 0 Å². The lowest BCUT2D eigenvalue weighted by atomic mass is 10.1. The van der Waals surface area contributed by atoms with Crippen molar-refractivity contribution in [3.05, 3.63) is 102 Å². The van der Waals surface area contributed by atoms with Crippen molar-refractivity contribution >= 4 is 11.9 Å². The van der Waals surface area contributed by atoms with Gasteiger partial charge in [-0.05, 0) is 24.6 Å². The van der Waals surface area contributed by atoms with E-state index in [1.54, 1.807) is 6.07 Å². The van der Waals surface area contributed by atoms with Crippen LogP contribution in [0.3, 0.4) is 0 Å². The van der Waals surface area contributed by atoms with E-state index in [0.717, 1.165) is 16.7 Å². The van der Waals surface area contributed by atoms with E-state index in [9.17, 15) is 4.79 Å². The molecular formula is C23H20N4O. The van der Waals surface area contributed by atoms with Gasteiger partial charge in [0.25, 0.3) is 5.91 Å². The number of hydrogen-bond donors (Lipinski definition) is 1. The minimum Gasteiger partial charge on any atom is -0.350 e. The molecule has 0 unspecified atom stereocenters. The van der Waals surface area contributed by atoms with Crippen LogP contribution in [-0.2, 0) is 6.54 Å². The van der Waals surface area contributed by atoms with Gasteiger partial charge in [0.2, 0.25) is 5.95 Å². The van der Waals surface area contributed by atoms with Crippen LogP contribution < -0.4 is 5.32 Å². The zero-order valence-electron chi connectivity index (χ0n) is 15.5. The molecule has 1 heterocycles. The van der Waals surface area contributed by atoms with E-state index in [2.05, 4.69) is 15.4 Å². The largest absolute Gasteiger partial charge is 0.350 e. The number of hydrogen-bond acceptors (Lipinski definition) is 4. The summed E-state index contributed by atoms with van der Waals surface area (Å²) in [5, 5.41) is 7.75. The zero-order valence-corrected chi connectivity index (χ0v) is 15.5. The molecule has 0 saturated heterocycles. The molecule has 0 atom stereocenters. The fourth-order valence-electron chi connectivity index (χ4n) is 2.95. The maximum absolute atomic E-state index is 13.1. The molecule has 0 amide bonds. The molecular weight excluding hydrogens is 348 g/mol. The summed E-state index contributed by atoms with van der Waals surface area (Å²) in [6, 6.07) is 27.1. The number of anilines is 1. The number of aryl methyl sites for hydroxylation is 1. The van der Waals surface area contributed by atoms with E-state index in [0.29, 0.717) is 23.9 Å². The molecule has 0 aliphatic heterocycles. The van der Waals surface area contributed by atoms with Crippen molar-refractivity contribution in [2.75, 3.05) is 5.32 Å². The SMILES string of the molecule is Cc1cccc(C(=O)n2nc(-c3ccccc3)nc2NCc2ccccc2)c1. The molecule has 0 fully saturated rings. The van der Waals surface area contributed by atoms with Gasteiger partial charge in [-0.3, -0.25) is 4.79 Å². The number of benzene rings is 3. The maximum atomic E-state index is 13.1. The Morgan fingerprint density at radius 1 is 0.929 bits per heavy atom. The molecule has 0 aliphatic carbocycles. The number of nitrogens with one attached hydrogen (secondary N) is 1. The highest BCUT2D eigenvalue weighted by molar-refractivity contribution is 5.97. The summed E-state index contributed by atoms with van der Waals surface area (Å²) in [5.74, 6) is 0.723. The third-order valence-electron chi connectivity index (χ3n) is 4.39. The quantitative estimate of drug-likeness (QED) is 0.561. The van der Waals surface area contributed by atoms with Crippen LogP contribution >= 0.6 is 0 Å². The summed E-state index contributed by atoms with van der Waals surface area (Å²) < 4.78 is 1.35. The number of carbonyl (C=O) groups is 1. The molecule has 5 heteroatoms. The predicted molar refractivity (Wildman–Crippen MR) is 110 cm³/mol. The number of carbonyl (C=O) groups excluding carboxylic acids is 1. The summed E-state index contributed by atoms with van der Waals surface area (Å²) in [6.07, 6.45) is 0. The molecule has 0 aliphatic rings. The molecule has 1 N–H and O–H groups in total. The van der Waals surface area contributed by atoms with Gasteiger partial charge in [0.1, 0.15) is 0 Å². The Bertz CT molecular complexity index is 1090. The van der Waals surface area contributed by atoms with E-state index in [1.807, 2.05) is 85.8 Å². The second-order valence-corrected chi connectivity index (χ2v) is 6.55. The van der Waals surface area contributed by atoms with Crippen LogP contribution in [0, 0.1) is 6.92 Å². The first-order chi connectivity index (χ1) is 13.7. The normalized spacial score (nSPS) is 10.6. The lowest BCUT2D eigenvalue weighted by Gasteiger charge is -2.07. The van der Waals surface area contributed by atoms with Gasteiger partial charge in [0.15, 0.2) is 5.82 Å². The highest BCUT2D eigenvalue weighted by Gasteiger charge is 2.18. The van der Waals surface area contributed by atoms with Crippen molar-refractivity contribution in [1.82, 2.24) is 14.8 Å². The van der Waals surface area contributed by atoms with Crippen LogP contribution in [0.15, 0.2) is 84.9 Å². The van der Waals surface area contributed by atoms with Crippen molar-refractivity contribution in [3.8, 4) is 11.4 Å². The molecule has 4 rings (SSSR count). The van der Waals surface area contributed by atoms with Gasteiger partial charge >= 0.3 is 0 Å². The average molecular weight is 368 g/mol. The minimum absolute atomic E-state index is 0.214. The van der Waals surface area contributed by atoms with Gasteiger partial charge < -0.3 is 5.32 Å². The molecule has 3 aromatic carbocycles. The van der Waals surface area contributed by atoms with Crippen molar-refractivity contribution in [1.29, 1.82) is 0 Å². The molecule has 0 radical (unpaired) electrons. The van der Waals surface area contributed by atoms with Crippen LogP contribution in [0.4, 0.5) is 5.95 Å². The Labute approximate surface area is 163 Å². The minimum atomic E-state index is -0.214. The topological polar surface area (TPSA) is 59.8 Å². The highest BCUT2D eigenvalue weighted by atomic mass is 16.2. The third kappa shape index (κ3) is 3.83. The highest BCUT2D eigenvalue weighted by Crippen LogP contribution is 2.19. The molecule has 28 heavy (non-hydrogen) atoms. The summed E-state index contributed by atoms with van der Waals surface area (Å²) in [5.41, 5.74) is 3.56. The molecule has 138 valence electrons. The van der Waals surface area contributed by atoms with Gasteiger partial charge in [-0.1, -0.05) is 78.4 Å². The first-order valence-corrected chi connectivity index (χ1v) is 9.12. The first-order valence-electron chi connectivity index (χ1n) is 9.12. The monoisotopic (exact) mass is 368 g/mol. The van der Waals surface area contributed by atoms with E-state index in [1.165, 1.54) is 4.68 Å². The standard InChI is InChI=1S/C23H20N4O/c1-17-9-8-14-20(15-17)22(28)27-23(24-16-18-10-4-2-5-11-18)25-21(26-27)19-12-6-3-7-13-19/h2-15H,16H2,1H3,(H,24,25,26). The second-order valence-electron chi connectivity index (χ2n) is 6.55. The smallest absolute Gasteiger partial charge is 0.281 e. The van der Waals surface area contributed by atoms with Crippen LogP contribution in [0.1, 0.15) is 21.5 Å². The van der Waals surface area contributed by atoms with Crippen LogP contribution in [-0.4, -0.2) is 20.7 Å². The zero-order chi connectivity index (χ0) is 19.3. The molecule has 0 spiro atoms. The fourth-order valence-corrected chi connectivity index (χ4v) is 2.95. The number of aromatic nitrogens is 3. The fraction of sp³-hybridized carbons (Fsp3) is 0.0870. The van der Waals surface area contributed by atoms with Gasteiger partial charge in [0.05, 0.1) is 0 Å². The Hall–Kier alpha value is -3.73. The van der Waals surface area contributed by atoms with Gasteiger partial charge in [0, 0.05) is 17.7 Å². The molecule has 0 bridgehead atoms. The van der Waals surface area contributed by atoms with E-state index >= 15 is 0 Å². The van der Waals surface area contributed by atoms with Crippen LogP contribution in [0.25, 0.3) is 11.4 Å². The Morgan fingerprint density at radius 3 is 2.36 bits per heavy atom. The van der Waals surface area contributed by atoms with Crippen molar-refractivity contribution < 1.29 is 4.79 Å². The Balaban J connectivity index is 1.70. The van der Waals surface area contributed by atoms with E-state index < -0.39 is 0 Å². The Kier molecular flexibility index (Phi) is 4.97. The van der Waals surface area contributed by atoms with Crippen molar-refractivity contribution in [2.24, 2.45) is 0 Å². The third-order valence-corrected chi connectivity index (χ3v) is 4.39. The van der Waals surface area contributed by atoms with Gasteiger partial charge in [-0.2, -0.15) is 9.67 Å². The van der Waals surface area contributed by atoms with Gasteiger partial charge in [-0.25, -0.2) is 0 Å². The molecule has 4 aromatic rings. The number of nitrogens with zero attached hydrogens (tertiary/aromatic N) is 3. The summed E-state index contributed by atoms with van der Waals surface area (Å²) in [4.78, 5) is 17.7. The first kappa shape index (κ1) is 17.7. The maximum Gasteiger partial charge on any atom is 0.281 e. The predicted octanol–water partition coefficient (Wildman–Crippen LogP) is 4.55. The van der Waals surface area contributed by atoms with E-state index in [4.69, 9.17) is 0 Å². The van der Waals surface area contributed by atoms with Crippen LogP contribution in [0.5, 0.6) is 0 Å². The summed E-state index contributed by atoms with van der Waals surface area (Å²) in [7, 11) is 0. The average Bonchev–Trinajstić information content (AvgIpc) is 3.17. The summed E-state index contributed by atoms with van der Waals surface area (Å²) >= 11 is 0. The molecule has 5 nitrogen and oxygen atoms in total. The van der Waals surface area contributed by atoms with Crippen molar-refractivity contribution in [2.45, 2.75) is 13.5 Å². The Morgan fingerprint density at radius 2 is 1.64 bits per heavy atom. The summed E-state index contributed by atoms with van der Waals surface area (Å²) in [6.45, 7) is 2.51. The second kappa shape index (κ2) is 7.88. The van der Waals surface area contributed by atoms with Gasteiger partial charge in [-0.15, -0.1) is 5.10 Å². The lowest BCUT2D eigenvalue weighted by molar-refractivity contribution is 0.0947. The van der Waals surface area contributed by atoms with Crippen LogP contribution in [0.2, 0.25) is 0 Å². The number of rotatable bonds is 5. The molecule has 0 saturated carbocycles. The lowest BCUT2D eigenvalue weighted by Crippen LogP contribution is -2.17. The molecule has 1 aromatic heterocycles.